The fraction of sp³-hybridized carbons (Fsp3) is 0.667. The van der Waals surface area contributed by atoms with Gasteiger partial charge in [0.25, 0.3) is 5.88 Å². The zero-order chi connectivity index (χ0) is 11.9. The van der Waals surface area contributed by atoms with Crippen LogP contribution < -0.4 is 10.1 Å². The van der Waals surface area contributed by atoms with E-state index in [1.807, 2.05) is 0 Å². The number of rotatable bonds is 5. The molecule has 1 atom stereocenters. The quantitative estimate of drug-likeness (QED) is 0.845. The molecule has 2 heterocycles. The molecule has 0 unspecified atom stereocenters. The predicted molar refractivity (Wildman–Crippen MR) is 65.2 cm³/mol. The first-order chi connectivity index (χ1) is 8.40. The van der Waals surface area contributed by atoms with E-state index in [2.05, 4.69) is 15.3 Å². The van der Waals surface area contributed by atoms with E-state index < -0.39 is 0 Å². The number of methoxy groups -OCH3 is 1. The summed E-state index contributed by atoms with van der Waals surface area (Å²) in [4.78, 5) is 8.29. The number of aromatic nitrogens is 2. The van der Waals surface area contributed by atoms with Gasteiger partial charge in [0.15, 0.2) is 5.82 Å². The van der Waals surface area contributed by atoms with Crippen molar-refractivity contribution in [2.24, 2.45) is 5.92 Å². The van der Waals surface area contributed by atoms with E-state index in [-0.39, 0.29) is 0 Å². The summed E-state index contributed by atoms with van der Waals surface area (Å²) in [5.41, 5.74) is 0. The van der Waals surface area contributed by atoms with E-state index >= 15 is 0 Å². The molecule has 0 bridgehead atoms. The van der Waals surface area contributed by atoms with Crippen LogP contribution in [0.4, 0.5) is 5.82 Å². The third kappa shape index (κ3) is 3.56. The van der Waals surface area contributed by atoms with Gasteiger partial charge in [-0.2, -0.15) is 0 Å². The van der Waals surface area contributed by atoms with Crippen molar-refractivity contribution < 1.29 is 9.47 Å². The fourth-order valence-electron chi connectivity index (χ4n) is 2.03. The van der Waals surface area contributed by atoms with Crippen molar-refractivity contribution in [1.82, 2.24) is 9.97 Å². The van der Waals surface area contributed by atoms with E-state index in [0.29, 0.717) is 17.6 Å². The highest BCUT2D eigenvalue weighted by molar-refractivity contribution is 5.44. The minimum Gasteiger partial charge on any atom is -0.478 e. The van der Waals surface area contributed by atoms with E-state index in [1.54, 1.807) is 19.5 Å². The van der Waals surface area contributed by atoms with Crippen molar-refractivity contribution in [2.45, 2.75) is 19.3 Å². The molecule has 5 heteroatoms. The Balaban J connectivity index is 1.77. The normalized spacial score (nSPS) is 19.9. The van der Waals surface area contributed by atoms with Gasteiger partial charge in [0, 0.05) is 32.2 Å². The Labute approximate surface area is 102 Å². The first kappa shape index (κ1) is 12.1. The Morgan fingerprint density at radius 2 is 2.35 bits per heavy atom. The summed E-state index contributed by atoms with van der Waals surface area (Å²) in [6.45, 7) is 2.68. The zero-order valence-electron chi connectivity index (χ0n) is 10.2. The Hall–Kier alpha value is -1.36. The molecule has 0 spiro atoms. The largest absolute Gasteiger partial charge is 0.478 e. The lowest BCUT2D eigenvalue weighted by molar-refractivity contribution is 0.0530. The van der Waals surface area contributed by atoms with Crippen LogP contribution in [0, 0.1) is 5.92 Å². The SMILES string of the molecule is COc1nccnc1NCC[C@@H]1CCCOC1. The monoisotopic (exact) mass is 237 g/mol. The second-order valence-corrected chi connectivity index (χ2v) is 4.21. The van der Waals surface area contributed by atoms with E-state index in [0.717, 1.165) is 26.2 Å². The van der Waals surface area contributed by atoms with Crippen LogP contribution in [0.25, 0.3) is 0 Å². The lowest BCUT2D eigenvalue weighted by Gasteiger charge is -2.22. The smallest absolute Gasteiger partial charge is 0.257 e. The van der Waals surface area contributed by atoms with E-state index in [4.69, 9.17) is 9.47 Å². The van der Waals surface area contributed by atoms with Crippen LogP contribution in [0.15, 0.2) is 12.4 Å². The molecule has 1 fully saturated rings. The molecule has 94 valence electrons. The molecular formula is C12H19N3O2. The zero-order valence-corrected chi connectivity index (χ0v) is 10.2. The van der Waals surface area contributed by atoms with Crippen molar-refractivity contribution in [3.63, 3.8) is 0 Å². The lowest BCUT2D eigenvalue weighted by Crippen LogP contribution is -2.20. The van der Waals surface area contributed by atoms with Crippen LogP contribution in [-0.2, 0) is 4.74 Å². The standard InChI is InChI=1S/C12H19N3O2/c1-16-12-11(14-6-7-15-12)13-5-4-10-3-2-8-17-9-10/h6-7,10H,2-5,8-9H2,1H3,(H,13,14)/t10-/m0/s1. The Bertz CT molecular complexity index is 340. The van der Waals surface area contributed by atoms with E-state index in [9.17, 15) is 0 Å². The molecule has 1 aromatic rings. The second-order valence-electron chi connectivity index (χ2n) is 4.21. The summed E-state index contributed by atoms with van der Waals surface area (Å²) >= 11 is 0. The minimum atomic E-state index is 0.549. The van der Waals surface area contributed by atoms with Crippen molar-refractivity contribution in [1.29, 1.82) is 0 Å². The summed E-state index contributed by atoms with van der Waals surface area (Å²) in [7, 11) is 1.60. The van der Waals surface area contributed by atoms with Crippen LogP contribution in [0.1, 0.15) is 19.3 Å². The van der Waals surface area contributed by atoms with Crippen LogP contribution in [0.2, 0.25) is 0 Å². The molecule has 0 amide bonds. The molecule has 1 aromatic heterocycles. The lowest BCUT2D eigenvalue weighted by atomic mass is 9.99. The highest BCUT2D eigenvalue weighted by Gasteiger charge is 2.13. The summed E-state index contributed by atoms with van der Waals surface area (Å²) in [5, 5.41) is 3.26. The maximum Gasteiger partial charge on any atom is 0.257 e. The summed E-state index contributed by atoms with van der Waals surface area (Å²) in [5.74, 6) is 1.93. The Kier molecular flexibility index (Phi) is 4.55. The first-order valence-corrected chi connectivity index (χ1v) is 6.06. The maximum atomic E-state index is 5.45. The molecule has 0 saturated carbocycles. The van der Waals surface area contributed by atoms with Crippen LogP contribution in [0.3, 0.4) is 0 Å². The molecule has 17 heavy (non-hydrogen) atoms. The molecule has 1 N–H and O–H groups in total. The van der Waals surface area contributed by atoms with Gasteiger partial charge in [-0.05, 0) is 25.2 Å². The summed E-state index contributed by atoms with van der Waals surface area (Å²) < 4.78 is 10.6. The van der Waals surface area contributed by atoms with Crippen molar-refractivity contribution >= 4 is 5.82 Å². The van der Waals surface area contributed by atoms with Gasteiger partial charge in [-0.25, -0.2) is 9.97 Å². The third-order valence-corrected chi connectivity index (χ3v) is 2.96. The third-order valence-electron chi connectivity index (χ3n) is 2.96. The molecular weight excluding hydrogens is 218 g/mol. The minimum absolute atomic E-state index is 0.549. The van der Waals surface area contributed by atoms with Gasteiger partial charge in [0.2, 0.25) is 0 Å². The van der Waals surface area contributed by atoms with E-state index in [1.165, 1.54) is 12.8 Å². The topological polar surface area (TPSA) is 56.3 Å². The Morgan fingerprint density at radius 3 is 3.12 bits per heavy atom. The van der Waals surface area contributed by atoms with Gasteiger partial charge in [-0.3, -0.25) is 0 Å². The van der Waals surface area contributed by atoms with Gasteiger partial charge < -0.3 is 14.8 Å². The van der Waals surface area contributed by atoms with Crippen molar-refractivity contribution in [2.75, 3.05) is 32.2 Å². The average Bonchev–Trinajstić information content (AvgIpc) is 2.40. The van der Waals surface area contributed by atoms with Gasteiger partial charge in [-0.1, -0.05) is 0 Å². The predicted octanol–water partition coefficient (Wildman–Crippen LogP) is 1.71. The highest BCUT2D eigenvalue weighted by atomic mass is 16.5. The van der Waals surface area contributed by atoms with Crippen LogP contribution in [-0.4, -0.2) is 36.8 Å². The molecule has 0 aromatic carbocycles. The number of ether oxygens (including phenoxy) is 2. The van der Waals surface area contributed by atoms with Gasteiger partial charge in [0.1, 0.15) is 0 Å². The highest BCUT2D eigenvalue weighted by Crippen LogP contribution is 2.19. The van der Waals surface area contributed by atoms with Crippen LogP contribution in [0.5, 0.6) is 5.88 Å². The maximum absolute atomic E-state index is 5.45. The first-order valence-electron chi connectivity index (χ1n) is 6.06. The molecule has 0 aliphatic carbocycles. The molecule has 5 nitrogen and oxygen atoms in total. The van der Waals surface area contributed by atoms with Gasteiger partial charge >= 0.3 is 0 Å². The molecule has 2 rings (SSSR count). The Morgan fingerprint density at radius 1 is 1.47 bits per heavy atom. The van der Waals surface area contributed by atoms with Crippen molar-refractivity contribution in [3.05, 3.63) is 12.4 Å². The van der Waals surface area contributed by atoms with Gasteiger partial charge in [-0.15, -0.1) is 0 Å². The number of anilines is 1. The number of nitrogens with one attached hydrogen (secondary N) is 1. The molecule has 0 radical (unpaired) electrons. The molecule has 1 aliphatic heterocycles. The summed E-state index contributed by atoms with van der Waals surface area (Å²) in [6, 6.07) is 0. The average molecular weight is 237 g/mol. The molecule has 1 aliphatic rings. The second kappa shape index (κ2) is 6.39. The number of nitrogens with zero attached hydrogens (tertiary/aromatic N) is 2. The van der Waals surface area contributed by atoms with Gasteiger partial charge in [0.05, 0.1) is 7.11 Å². The number of hydrogen-bond acceptors (Lipinski definition) is 5. The fourth-order valence-corrected chi connectivity index (χ4v) is 2.03. The molecule has 1 saturated heterocycles. The summed E-state index contributed by atoms with van der Waals surface area (Å²) in [6.07, 6.45) is 6.83. The van der Waals surface area contributed by atoms with Crippen LogP contribution >= 0.6 is 0 Å². The van der Waals surface area contributed by atoms with Crippen molar-refractivity contribution in [3.8, 4) is 5.88 Å². The number of hydrogen-bond donors (Lipinski definition) is 1.